The van der Waals surface area contributed by atoms with Gasteiger partial charge in [0.1, 0.15) is 0 Å². The first-order valence-corrected chi connectivity index (χ1v) is 3.13. The first-order valence-electron chi connectivity index (χ1n) is 1.56. The Labute approximate surface area is 60.3 Å². The van der Waals surface area contributed by atoms with Crippen molar-refractivity contribution in [3.05, 3.63) is 0 Å². The van der Waals surface area contributed by atoms with Crippen molar-refractivity contribution in [2.24, 2.45) is 11.5 Å². The van der Waals surface area contributed by atoms with Gasteiger partial charge in [0.25, 0.3) is 0 Å². The Hall–Kier alpha value is -0.190. The monoisotopic (exact) mass is 192 g/mol. The average molecular weight is 192 g/mol. The molecule has 0 aliphatic rings. The summed E-state index contributed by atoms with van der Waals surface area (Å²) in [7, 11) is -4.64. The molecule has 10 heavy (non-hydrogen) atoms. The predicted octanol–water partition coefficient (Wildman–Crippen LogP) is -1.85. The fourth-order valence-corrected chi connectivity index (χ4v) is 0. The molecule has 1 atom stereocenters. The molecule has 1 unspecified atom stereocenters. The molecule has 0 fully saturated rings. The summed E-state index contributed by atoms with van der Waals surface area (Å²) in [5.41, 5.74) is 8.50. The molecule has 2 amide bonds. The average Bonchev–Trinajstić information content (AvgIpc) is 1.19. The van der Waals surface area contributed by atoms with Crippen LogP contribution in [0.25, 0.3) is 0 Å². The first-order chi connectivity index (χ1) is 3.73. The smallest absolute Gasteiger partial charge is 0.352 e. The number of urea groups is 1. The van der Waals surface area contributed by atoms with Gasteiger partial charge in [-0.3, -0.25) is 0 Å². The molecular weight excluding hydrogens is 182 g/mol. The summed E-state index contributed by atoms with van der Waals surface area (Å²) in [5.74, 6) is 0. The lowest BCUT2D eigenvalue weighted by Crippen LogP contribution is -2.18. The van der Waals surface area contributed by atoms with E-state index in [1.54, 1.807) is 0 Å². The van der Waals surface area contributed by atoms with E-state index in [-0.39, 0.29) is 9.90 Å². The molecule has 7 nitrogen and oxygen atoms in total. The van der Waals surface area contributed by atoms with E-state index in [1.807, 2.05) is 0 Å². The molecule has 0 saturated heterocycles. The third kappa shape index (κ3) is 10000. The van der Waals surface area contributed by atoms with Gasteiger partial charge in [-0.25, -0.2) is 9.36 Å². The van der Waals surface area contributed by atoms with Crippen molar-refractivity contribution in [1.82, 2.24) is 0 Å². The van der Waals surface area contributed by atoms with E-state index in [1.165, 1.54) is 0 Å². The highest BCUT2D eigenvalue weighted by Crippen LogP contribution is 2.25. The molecule has 9 heteroatoms. The minimum atomic E-state index is -4.64. The molecule has 0 bridgehead atoms. The van der Waals surface area contributed by atoms with E-state index in [0.29, 0.717) is 0 Å². The van der Waals surface area contributed by atoms with Gasteiger partial charge >= 0.3 is 13.9 Å². The van der Waals surface area contributed by atoms with Crippen LogP contribution in [-0.4, -0.2) is 20.7 Å². The molecule has 0 radical (unpaired) electrons. The summed E-state index contributed by atoms with van der Waals surface area (Å²) in [6.45, 7) is 0. The standard InChI is InChI=1S/CH4N2O.H3O4P.H3P/c2-1(3)4;1-5(2,3)4;/h(H4,2,3,4);(H3,1,2,3,4);1H3. The van der Waals surface area contributed by atoms with Crippen LogP contribution in [0.5, 0.6) is 0 Å². The summed E-state index contributed by atoms with van der Waals surface area (Å²) in [6, 6.07) is -0.833. The van der Waals surface area contributed by atoms with Gasteiger partial charge in [0.05, 0.1) is 0 Å². The van der Waals surface area contributed by atoms with Crippen molar-refractivity contribution in [1.29, 1.82) is 0 Å². The van der Waals surface area contributed by atoms with Crippen molar-refractivity contribution in [2.75, 3.05) is 0 Å². The highest BCUT2D eigenvalue weighted by molar-refractivity contribution is 7.45. The SMILES string of the molecule is NC(N)=O.O=P(O)(O)O.P. The van der Waals surface area contributed by atoms with Crippen LogP contribution in [0.4, 0.5) is 4.79 Å². The van der Waals surface area contributed by atoms with Gasteiger partial charge in [-0.1, -0.05) is 0 Å². The number of amides is 2. The highest BCUT2D eigenvalue weighted by atomic mass is 31.2. The number of carbonyl (C=O) groups is 1. The van der Waals surface area contributed by atoms with Crippen LogP contribution in [0.1, 0.15) is 0 Å². The van der Waals surface area contributed by atoms with Crippen LogP contribution < -0.4 is 11.5 Å². The first kappa shape index (κ1) is 16.4. The largest absolute Gasteiger partial charge is 0.466 e. The van der Waals surface area contributed by atoms with Crippen molar-refractivity contribution >= 4 is 23.8 Å². The molecule has 0 spiro atoms. The Kier molecular flexibility index (Phi) is 11.4. The molecule has 0 aromatic rings. The maximum Gasteiger partial charge on any atom is 0.466 e. The predicted molar refractivity (Wildman–Crippen MR) is 39.1 cm³/mol. The molecular formula is CH10N2O5P2. The van der Waals surface area contributed by atoms with Crippen LogP contribution in [-0.2, 0) is 4.57 Å². The number of phosphoric acid groups is 1. The Morgan fingerprint density at radius 1 is 1.20 bits per heavy atom. The Balaban J connectivity index is -0.0000000910. The van der Waals surface area contributed by atoms with Gasteiger partial charge in [0.15, 0.2) is 0 Å². The molecule has 0 aromatic heterocycles. The maximum atomic E-state index is 9.00. The minimum Gasteiger partial charge on any atom is -0.352 e. The van der Waals surface area contributed by atoms with Crippen molar-refractivity contribution < 1.29 is 24.0 Å². The van der Waals surface area contributed by atoms with Crippen molar-refractivity contribution in [3.8, 4) is 0 Å². The second-order valence-corrected chi connectivity index (χ2v) is 1.94. The summed E-state index contributed by atoms with van der Waals surface area (Å²) in [6.07, 6.45) is 0. The van der Waals surface area contributed by atoms with Crippen LogP contribution in [0.3, 0.4) is 0 Å². The molecule has 7 N–H and O–H groups in total. The number of nitrogens with two attached hydrogens (primary N) is 2. The second-order valence-electron chi connectivity index (χ2n) is 0.916. The lowest BCUT2D eigenvalue weighted by molar-refractivity contribution is 0.256. The van der Waals surface area contributed by atoms with E-state index in [0.717, 1.165) is 0 Å². The minimum absolute atomic E-state index is 0. The molecule has 0 aliphatic carbocycles. The molecule has 64 valence electrons. The summed E-state index contributed by atoms with van der Waals surface area (Å²) >= 11 is 0. The zero-order chi connectivity index (χ0) is 8.08. The van der Waals surface area contributed by atoms with E-state index in [9.17, 15) is 0 Å². The van der Waals surface area contributed by atoms with Crippen LogP contribution in [0.15, 0.2) is 0 Å². The summed E-state index contributed by atoms with van der Waals surface area (Å²) in [4.78, 5) is 30.6. The molecule has 0 heterocycles. The number of hydrogen-bond acceptors (Lipinski definition) is 2. The molecule has 0 aromatic carbocycles. The van der Waals surface area contributed by atoms with Gasteiger partial charge < -0.3 is 26.1 Å². The third-order valence-corrected chi connectivity index (χ3v) is 0. The maximum absolute atomic E-state index is 9.00. The fourth-order valence-electron chi connectivity index (χ4n) is 0. The lowest BCUT2D eigenvalue weighted by atomic mass is 11.2. The Morgan fingerprint density at radius 3 is 1.20 bits per heavy atom. The zero-order valence-electron chi connectivity index (χ0n) is 4.97. The lowest BCUT2D eigenvalue weighted by Gasteiger charge is -1.82. The van der Waals surface area contributed by atoms with Crippen LogP contribution in [0.2, 0.25) is 0 Å². The number of carbonyl (C=O) groups excluding carboxylic acids is 1. The van der Waals surface area contributed by atoms with Crippen molar-refractivity contribution in [2.45, 2.75) is 0 Å². The number of primary amides is 2. The molecule has 0 rings (SSSR count). The summed E-state index contributed by atoms with van der Waals surface area (Å²) in [5, 5.41) is 0. The van der Waals surface area contributed by atoms with Gasteiger partial charge in [-0.15, -0.1) is 0 Å². The van der Waals surface area contributed by atoms with E-state index < -0.39 is 13.9 Å². The highest BCUT2D eigenvalue weighted by Gasteiger charge is 2.00. The quantitative estimate of drug-likeness (QED) is 0.286. The molecule has 0 aliphatic heterocycles. The van der Waals surface area contributed by atoms with Gasteiger partial charge in [0, 0.05) is 0 Å². The zero-order valence-corrected chi connectivity index (χ0v) is 7.28. The van der Waals surface area contributed by atoms with Crippen LogP contribution in [0, 0.1) is 0 Å². The van der Waals surface area contributed by atoms with E-state index in [2.05, 4.69) is 11.5 Å². The van der Waals surface area contributed by atoms with Gasteiger partial charge in [-0.2, -0.15) is 9.90 Å². The fraction of sp³-hybridized carbons (Fsp3) is 0. The number of rotatable bonds is 0. The van der Waals surface area contributed by atoms with E-state index >= 15 is 0 Å². The van der Waals surface area contributed by atoms with E-state index in [4.69, 9.17) is 24.0 Å². The van der Waals surface area contributed by atoms with Crippen LogP contribution >= 0.6 is 17.7 Å². The molecule has 0 saturated carbocycles. The number of hydrogen-bond donors (Lipinski definition) is 5. The topological polar surface area (TPSA) is 147 Å². The van der Waals surface area contributed by atoms with Crippen molar-refractivity contribution in [3.63, 3.8) is 0 Å². The normalized spacial score (nSPS) is 8.30. The van der Waals surface area contributed by atoms with Gasteiger partial charge in [-0.05, 0) is 0 Å². The van der Waals surface area contributed by atoms with Gasteiger partial charge in [0.2, 0.25) is 0 Å². The third-order valence-electron chi connectivity index (χ3n) is 0. The Morgan fingerprint density at radius 2 is 1.20 bits per heavy atom. The Bertz CT molecular complexity index is 117. The second kappa shape index (κ2) is 6.92. The summed E-state index contributed by atoms with van der Waals surface area (Å²) < 4.78 is 8.88.